The monoisotopic (exact) mass is 258 g/mol. The van der Waals surface area contributed by atoms with Crippen molar-refractivity contribution in [1.82, 2.24) is 4.98 Å². The number of nitrogens with zero attached hydrogens (tertiary/aromatic N) is 2. The molecule has 0 amide bonds. The number of isocyanates is 1. The van der Waals surface area contributed by atoms with Crippen molar-refractivity contribution in [2.75, 3.05) is 0 Å². The van der Waals surface area contributed by atoms with Gasteiger partial charge in [-0.05, 0) is 18.9 Å². The summed E-state index contributed by atoms with van der Waals surface area (Å²) in [6.45, 7) is 2.43. The lowest BCUT2D eigenvalue weighted by atomic mass is 10.1. The van der Waals surface area contributed by atoms with E-state index < -0.39 is 0 Å². The zero-order chi connectivity index (χ0) is 12.8. The van der Waals surface area contributed by atoms with E-state index in [1.165, 1.54) is 17.2 Å². The molecule has 2 aromatic rings. The molecule has 0 bridgehead atoms. The molecule has 3 nitrogen and oxygen atoms in total. The van der Waals surface area contributed by atoms with Gasteiger partial charge < -0.3 is 0 Å². The minimum atomic E-state index is 0.338. The molecule has 0 spiro atoms. The van der Waals surface area contributed by atoms with Gasteiger partial charge >= 0.3 is 0 Å². The molecule has 18 heavy (non-hydrogen) atoms. The van der Waals surface area contributed by atoms with E-state index in [0.29, 0.717) is 6.54 Å². The van der Waals surface area contributed by atoms with Crippen molar-refractivity contribution in [3.63, 3.8) is 0 Å². The van der Waals surface area contributed by atoms with Gasteiger partial charge in [-0.2, -0.15) is 4.99 Å². The predicted molar refractivity (Wildman–Crippen MR) is 72.5 cm³/mol. The minimum Gasteiger partial charge on any atom is -0.244 e. The third kappa shape index (κ3) is 3.62. The van der Waals surface area contributed by atoms with E-state index >= 15 is 0 Å². The SMILES string of the molecule is Cc1ccc(CCc2nc(CN=C=O)cs2)cc1. The minimum absolute atomic E-state index is 0.338. The Labute approximate surface area is 110 Å². The summed E-state index contributed by atoms with van der Waals surface area (Å²) in [5.74, 6) is 0. The molecule has 92 valence electrons. The molecule has 0 saturated carbocycles. The molecular weight excluding hydrogens is 244 g/mol. The van der Waals surface area contributed by atoms with Crippen LogP contribution in [-0.4, -0.2) is 11.1 Å². The lowest BCUT2D eigenvalue weighted by molar-refractivity contribution is 0.562. The third-order valence-electron chi connectivity index (χ3n) is 2.65. The van der Waals surface area contributed by atoms with Crippen LogP contribution in [0.4, 0.5) is 0 Å². The van der Waals surface area contributed by atoms with E-state index in [1.807, 2.05) is 5.38 Å². The van der Waals surface area contributed by atoms with Crippen molar-refractivity contribution in [3.05, 3.63) is 51.5 Å². The first-order valence-electron chi connectivity index (χ1n) is 5.80. The van der Waals surface area contributed by atoms with Gasteiger partial charge in [0.15, 0.2) is 0 Å². The lowest BCUT2D eigenvalue weighted by Crippen LogP contribution is -1.91. The quantitative estimate of drug-likeness (QED) is 0.611. The van der Waals surface area contributed by atoms with Crippen molar-refractivity contribution in [3.8, 4) is 0 Å². The van der Waals surface area contributed by atoms with E-state index in [4.69, 9.17) is 0 Å². The second kappa shape index (κ2) is 6.24. The van der Waals surface area contributed by atoms with Gasteiger partial charge in [0.25, 0.3) is 0 Å². The molecule has 0 unspecified atom stereocenters. The van der Waals surface area contributed by atoms with Crippen molar-refractivity contribution in [2.24, 2.45) is 4.99 Å². The van der Waals surface area contributed by atoms with Gasteiger partial charge in [0, 0.05) is 11.8 Å². The molecule has 0 aliphatic rings. The zero-order valence-corrected chi connectivity index (χ0v) is 11.0. The summed E-state index contributed by atoms with van der Waals surface area (Å²) < 4.78 is 0. The van der Waals surface area contributed by atoms with Crippen LogP contribution < -0.4 is 0 Å². The molecular formula is C14H14N2OS. The Hall–Kier alpha value is -1.77. The fourth-order valence-corrected chi connectivity index (χ4v) is 2.44. The maximum Gasteiger partial charge on any atom is 0.235 e. The number of aryl methyl sites for hydroxylation is 3. The Kier molecular flexibility index (Phi) is 4.40. The number of thiazole rings is 1. The topological polar surface area (TPSA) is 42.3 Å². The van der Waals surface area contributed by atoms with Crippen LogP contribution in [-0.2, 0) is 24.2 Å². The van der Waals surface area contributed by atoms with Crippen molar-refractivity contribution >= 4 is 17.4 Å². The third-order valence-corrected chi connectivity index (χ3v) is 3.61. The first kappa shape index (κ1) is 12.7. The van der Waals surface area contributed by atoms with E-state index in [9.17, 15) is 4.79 Å². The van der Waals surface area contributed by atoms with E-state index in [-0.39, 0.29) is 0 Å². The highest BCUT2D eigenvalue weighted by Crippen LogP contribution is 2.14. The average Bonchev–Trinajstić information content (AvgIpc) is 2.84. The van der Waals surface area contributed by atoms with Crippen molar-refractivity contribution < 1.29 is 4.79 Å². The number of carbonyl (C=O) groups excluding carboxylic acids is 1. The normalized spacial score (nSPS) is 10.1. The molecule has 0 N–H and O–H groups in total. The lowest BCUT2D eigenvalue weighted by Gasteiger charge is -1.99. The Morgan fingerprint density at radius 2 is 2.06 bits per heavy atom. The van der Waals surface area contributed by atoms with Crippen molar-refractivity contribution in [1.29, 1.82) is 0 Å². The van der Waals surface area contributed by atoms with Gasteiger partial charge in [0.05, 0.1) is 17.2 Å². The molecule has 0 aliphatic heterocycles. The largest absolute Gasteiger partial charge is 0.244 e. The highest BCUT2D eigenvalue weighted by molar-refractivity contribution is 7.09. The molecule has 0 saturated heterocycles. The van der Waals surface area contributed by atoms with E-state index in [0.717, 1.165) is 23.5 Å². The summed E-state index contributed by atoms with van der Waals surface area (Å²) in [6.07, 6.45) is 3.45. The number of aromatic nitrogens is 1. The van der Waals surface area contributed by atoms with Crippen LogP contribution in [0.25, 0.3) is 0 Å². The first-order chi connectivity index (χ1) is 8.78. The molecule has 0 radical (unpaired) electrons. The molecule has 0 atom stereocenters. The maximum absolute atomic E-state index is 10.0. The predicted octanol–water partition coefficient (Wildman–Crippen LogP) is 3.07. The first-order valence-corrected chi connectivity index (χ1v) is 6.68. The van der Waals surface area contributed by atoms with Crippen LogP contribution in [0.15, 0.2) is 34.6 Å². The summed E-state index contributed by atoms with van der Waals surface area (Å²) >= 11 is 1.62. The number of hydrogen-bond acceptors (Lipinski definition) is 4. The molecule has 1 aromatic heterocycles. The molecule has 0 aliphatic carbocycles. The van der Waals surface area contributed by atoms with Crippen LogP contribution in [0, 0.1) is 6.92 Å². The number of hydrogen-bond donors (Lipinski definition) is 0. The fraction of sp³-hybridized carbons (Fsp3) is 0.286. The highest BCUT2D eigenvalue weighted by atomic mass is 32.1. The molecule has 0 fully saturated rings. The summed E-state index contributed by atoms with van der Waals surface area (Å²) in [5, 5.41) is 3.04. The molecule has 2 rings (SSSR count). The van der Waals surface area contributed by atoms with Gasteiger partial charge in [-0.25, -0.2) is 9.78 Å². The summed E-state index contributed by atoms with van der Waals surface area (Å²) in [6, 6.07) is 8.56. The molecule has 4 heteroatoms. The number of benzene rings is 1. The second-order valence-electron chi connectivity index (χ2n) is 4.13. The standard InChI is InChI=1S/C14H14N2OS/c1-11-2-4-12(5-3-11)6-7-14-16-13(9-18-14)8-15-10-17/h2-5,9H,6-8H2,1H3. The molecule has 1 aromatic carbocycles. The van der Waals surface area contributed by atoms with Crippen LogP contribution in [0.1, 0.15) is 21.8 Å². The summed E-state index contributed by atoms with van der Waals surface area (Å²) in [4.78, 5) is 18.0. The van der Waals surface area contributed by atoms with Gasteiger partial charge in [-0.3, -0.25) is 0 Å². The van der Waals surface area contributed by atoms with Crippen LogP contribution in [0.5, 0.6) is 0 Å². The maximum atomic E-state index is 10.0. The van der Waals surface area contributed by atoms with Crippen LogP contribution >= 0.6 is 11.3 Å². The van der Waals surface area contributed by atoms with Crippen LogP contribution in [0.2, 0.25) is 0 Å². The summed E-state index contributed by atoms with van der Waals surface area (Å²) in [7, 11) is 0. The highest BCUT2D eigenvalue weighted by Gasteiger charge is 2.02. The fourth-order valence-electron chi connectivity index (χ4n) is 1.66. The molecule has 1 heterocycles. The summed E-state index contributed by atoms with van der Waals surface area (Å²) in [5.41, 5.74) is 3.45. The van der Waals surface area contributed by atoms with Crippen molar-refractivity contribution in [2.45, 2.75) is 26.3 Å². The smallest absolute Gasteiger partial charge is 0.235 e. The van der Waals surface area contributed by atoms with Crippen LogP contribution in [0.3, 0.4) is 0 Å². The van der Waals surface area contributed by atoms with Gasteiger partial charge in [0.2, 0.25) is 6.08 Å². The number of rotatable bonds is 5. The zero-order valence-electron chi connectivity index (χ0n) is 10.2. The van der Waals surface area contributed by atoms with Gasteiger partial charge in [0.1, 0.15) is 0 Å². The number of aliphatic imine (C=N–C) groups is 1. The Bertz CT molecular complexity index is 553. The van der Waals surface area contributed by atoms with Gasteiger partial charge in [-0.1, -0.05) is 29.8 Å². The van der Waals surface area contributed by atoms with E-state index in [1.54, 1.807) is 11.3 Å². The average molecular weight is 258 g/mol. The van der Waals surface area contributed by atoms with Gasteiger partial charge in [-0.15, -0.1) is 11.3 Å². The van der Waals surface area contributed by atoms with E-state index in [2.05, 4.69) is 41.2 Å². The Morgan fingerprint density at radius 3 is 2.78 bits per heavy atom. The second-order valence-corrected chi connectivity index (χ2v) is 5.07. The Morgan fingerprint density at radius 1 is 1.28 bits per heavy atom. The Balaban J connectivity index is 1.91.